The molecule has 11 N–H and O–H groups in total. The maximum Gasteiger partial charge on any atom is 0.267 e. The molecule has 20 nitrogen and oxygen atoms in total. The molecule has 0 saturated heterocycles. The highest BCUT2D eigenvalue weighted by molar-refractivity contribution is 9.09. The van der Waals surface area contributed by atoms with Gasteiger partial charge in [-0.1, -0.05) is 157 Å². The fraction of sp³-hybridized carbons (Fsp3) is 0.186. The second-order valence-electron chi connectivity index (χ2n) is 22.1. The molecule has 0 radical (unpaired) electrons. The fourth-order valence-electron chi connectivity index (χ4n) is 8.15. The molecule has 0 bridgehead atoms. The van der Waals surface area contributed by atoms with Crippen LogP contribution in [0.25, 0.3) is 0 Å². The van der Waals surface area contributed by atoms with Crippen LogP contribution in [0, 0.1) is 0 Å². The first-order chi connectivity index (χ1) is 47.8. The maximum absolute atomic E-state index is 12.6. The number of carbonyl (C=O) groups excluding carboxylic acids is 7. The quantitative estimate of drug-likeness (QED) is 0.0127. The molecule has 0 aliphatic carbocycles. The van der Waals surface area contributed by atoms with Crippen molar-refractivity contribution >= 4 is 178 Å². The van der Waals surface area contributed by atoms with Gasteiger partial charge in [0.1, 0.15) is 16.2 Å². The van der Waals surface area contributed by atoms with Gasteiger partial charge in [0.05, 0.1) is 11.4 Å². The van der Waals surface area contributed by atoms with Gasteiger partial charge in [0.2, 0.25) is 11.6 Å². The van der Waals surface area contributed by atoms with E-state index in [1.807, 2.05) is 69.3 Å². The van der Waals surface area contributed by atoms with Crippen molar-refractivity contribution in [2.75, 3.05) is 7.05 Å². The number of hydrazine groups is 1. The Balaban J connectivity index is 0.000000229. The third kappa shape index (κ3) is 29.2. The summed E-state index contributed by atoms with van der Waals surface area (Å²) in [4.78, 5) is 106. The second kappa shape index (κ2) is 41.4. The minimum atomic E-state index is -2.06. The molecule has 1 unspecified atom stereocenters. The number of alkyl halides is 7. The number of H-pyrrole nitrogens is 4. The summed E-state index contributed by atoms with van der Waals surface area (Å²) < 4.78 is -3.93. The van der Waals surface area contributed by atoms with E-state index in [9.17, 15) is 33.6 Å². The van der Waals surface area contributed by atoms with Gasteiger partial charge in [0.25, 0.3) is 19.4 Å². The van der Waals surface area contributed by atoms with Gasteiger partial charge in [-0.3, -0.25) is 53.5 Å². The summed E-state index contributed by atoms with van der Waals surface area (Å²) >= 11 is 58.6. The SMILES string of the molecule is CNC(=S)N(N)C(C)(C)C.NCc1ccncc1.O=C(Cc1cccc(Cl)c1)c1c[nH]c(C(=O)C(Cl)(Cl)Cl)c1.O=C(Cc1cccc(Cl)c1)c1c[nH]c(C(=O)NCc2ccncc2)c1.O=C(NCc1ccncc1)c1cc(C(=O)C(Br)c2cccc(Cl)c2)c[nH]1.O=C(c1ccc[nH]1)C(Cl)(Cl)Cl. The van der Waals surface area contributed by atoms with E-state index in [1.54, 1.807) is 142 Å². The summed E-state index contributed by atoms with van der Waals surface area (Å²) in [6, 6.07) is 40.0. The van der Waals surface area contributed by atoms with Crippen molar-refractivity contribution in [2.45, 2.75) is 71.2 Å². The van der Waals surface area contributed by atoms with Crippen molar-refractivity contribution in [3.05, 3.63) is 289 Å². The van der Waals surface area contributed by atoms with Gasteiger partial charge in [-0.2, -0.15) is 0 Å². The normalized spacial score (nSPS) is 11.0. The van der Waals surface area contributed by atoms with Crippen LogP contribution in [0.2, 0.25) is 15.1 Å². The smallest absolute Gasteiger partial charge is 0.267 e. The molecular formula is C70H67BrCl9N13O7S. The number of nitrogens with two attached hydrogens (primary N) is 2. The number of thiocarbonyl (C=S) groups is 1. The lowest BCUT2D eigenvalue weighted by atomic mass is 10.0. The van der Waals surface area contributed by atoms with Crippen molar-refractivity contribution < 1.29 is 33.6 Å². The van der Waals surface area contributed by atoms with Gasteiger partial charge >= 0.3 is 0 Å². The van der Waals surface area contributed by atoms with Gasteiger partial charge in [-0.15, -0.1) is 0 Å². The molecule has 10 aromatic rings. The Morgan fingerprint density at radius 3 is 1.29 bits per heavy atom. The Labute approximate surface area is 641 Å². The number of nitrogens with one attached hydrogen (secondary N) is 7. The summed E-state index contributed by atoms with van der Waals surface area (Å²) in [6.45, 7) is 7.37. The first-order valence-electron chi connectivity index (χ1n) is 29.9. The van der Waals surface area contributed by atoms with Crippen LogP contribution in [0.1, 0.15) is 132 Å². The van der Waals surface area contributed by atoms with Crippen molar-refractivity contribution in [2.24, 2.45) is 11.6 Å². The number of nitrogens with zero attached hydrogens (tertiary/aromatic N) is 4. The topological polar surface area (TPSA) is 313 Å². The number of pyridine rings is 3. The molecule has 7 heterocycles. The molecule has 0 aliphatic heterocycles. The second-order valence-corrected chi connectivity index (χ2v) is 29.3. The predicted octanol–water partition coefficient (Wildman–Crippen LogP) is 15.9. The van der Waals surface area contributed by atoms with E-state index in [0.29, 0.717) is 73.6 Å². The third-order valence-corrected chi connectivity index (χ3v) is 16.6. The minimum Gasteiger partial charge on any atom is -0.365 e. The zero-order valence-electron chi connectivity index (χ0n) is 54.2. The van der Waals surface area contributed by atoms with Crippen molar-refractivity contribution in [3.63, 3.8) is 0 Å². The van der Waals surface area contributed by atoms with Gasteiger partial charge in [-0.05, 0) is 169 Å². The number of hydrogen-bond acceptors (Lipinski definition) is 13. The summed E-state index contributed by atoms with van der Waals surface area (Å²) in [5.41, 5.74) is 12.9. The molecule has 3 aromatic carbocycles. The molecule has 2 amide bonds. The van der Waals surface area contributed by atoms with Gasteiger partial charge < -0.3 is 41.6 Å². The summed E-state index contributed by atoms with van der Waals surface area (Å²) in [7, 11) is 1.76. The number of Topliss-reactive ketones (excluding diaryl/α,β-unsaturated/α-hetero) is 5. The van der Waals surface area contributed by atoms with Crippen molar-refractivity contribution in [1.29, 1.82) is 0 Å². The molecule has 10 rings (SSSR count). The summed E-state index contributed by atoms with van der Waals surface area (Å²) in [6.07, 6.45) is 16.6. The molecule has 0 spiro atoms. The Morgan fingerprint density at radius 2 is 0.911 bits per heavy atom. The van der Waals surface area contributed by atoms with E-state index in [0.717, 1.165) is 33.4 Å². The lowest BCUT2D eigenvalue weighted by molar-refractivity contribution is 0.0938. The van der Waals surface area contributed by atoms with Crippen LogP contribution < -0.4 is 27.5 Å². The average molecular weight is 1630 g/mol. The van der Waals surface area contributed by atoms with Crippen LogP contribution >= 0.6 is 133 Å². The molecule has 1 atom stereocenters. The molecule has 101 heavy (non-hydrogen) atoms. The molecule has 530 valence electrons. The number of aromatic nitrogens is 7. The monoisotopic (exact) mass is 1630 g/mol. The third-order valence-electron chi connectivity index (χ3n) is 13.5. The zero-order valence-corrected chi connectivity index (χ0v) is 63.4. The highest BCUT2D eigenvalue weighted by atomic mass is 79.9. The van der Waals surface area contributed by atoms with Gasteiger partial charge in [0, 0.05) is 139 Å². The van der Waals surface area contributed by atoms with E-state index < -0.39 is 24.0 Å². The van der Waals surface area contributed by atoms with Crippen molar-refractivity contribution in [3.8, 4) is 0 Å². The Morgan fingerprint density at radius 1 is 0.515 bits per heavy atom. The number of hydrogen-bond donors (Lipinski definition) is 9. The predicted molar refractivity (Wildman–Crippen MR) is 409 cm³/mol. The van der Waals surface area contributed by atoms with E-state index >= 15 is 0 Å². The highest BCUT2D eigenvalue weighted by Gasteiger charge is 2.34. The van der Waals surface area contributed by atoms with E-state index in [4.69, 9.17) is 128 Å². The van der Waals surface area contributed by atoms with Crippen LogP contribution in [0.3, 0.4) is 0 Å². The maximum atomic E-state index is 12.6. The first-order valence-corrected chi connectivity index (χ1v) is 34.6. The highest BCUT2D eigenvalue weighted by Crippen LogP contribution is 2.32. The summed E-state index contributed by atoms with van der Waals surface area (Å²) in [5, 5.41) is 12.2. The molecule has 0 fully saturated rings. The van der Waals surface area contributed by atoms with Crippen molar-refractivity contribution in [1.82, 2.24) is 55.8 Å². The number of carbonyl (C=O) groups is 7. The Bertz CT molecular complexity index is 4340. The fourth-order valence-corrected chi connectivity index (χ4v) is 10.2. The van der Waals surface area contributed by atoms with Crippen LogP contribution in [0.4, 0.5) is 0 Å². The molecule has 0 saturated carbocycles. The largest absolute Gasteiger partial charge is 0.365 e. The minimum absolute atomic E-state index is 0.0736. The molecule has 7 aromatic heterocycles. The number of aromatic amines is 4. The number of amides is 2. The standard InChI is InChI=1S/C19H15BrClN3O2.C19H16ClN3O2.C14H9Cl4NO2.C6H4Cl3NO.C6H15N3S.C6H8N2/c20-17(13-2-1-3-15(21)8-13)18(25)14-9-16(23-11-14)19(26)24-10-12-4-6-22-7-5-12;20-16-3-1-2-14(8-16)9-18(24)15-10-17(22-12-15)19(25)23-11-13-4-6-21-7-5-13;15-10-3-1-2-8(4-10)5-12(20)9-6-11(19-7-9)13(21)14(16,17)18;7-6(8,9)5(11)4-2-1-3-10-4;1-6(2,3)9(7)5(10)8-4;7-5-6-1-3-8-4-2-6/h1-9,11,17,23H,10H2,(H,24,26);1-8,10,12,22H,9,11H2,(H,23,25);1-4,6-7,19H,5H2;1-3,10H;7H2,1-4H3,(H,8,10);1-4H,5,7H2. The molecular weight excluding hydrogens is 1570 g/mol. The first kappa shape index (κ1) is 83.9. The van der Waals surface area contributed by atoms with Crippen LogP contribution in [0.15, 0.2) is 201 Å². The zero-order chi connectivity index (χ0) is 74.5. The number of rotatable bonds is 18. The lowest BCUT2D eigenvalue weighted by Gasteiger charge is -2.32. The lowest BCUT2D eigenvalue weighted by Crippen LogP contribution is -2.53. The van der Waals surface area contributed by atoms with Crippen LogP contribution in [0.5, 0.6) is 0 Å². The van der Waals surface area contributed by atoms with E-state index in [2.05, 4.69) is 66.8 Å². The summed E-state index contributed by atoms with van der Waals surface area (Å²) in [5.74, 6) is 3.42. The van der Waals surface area contributed by atoms with Gasteiger partial charge in [0.15, 0.2) is 22.5 Å². The average Bonchev–Trinajstić information content (AvgIpc) is 1.75. The Kier molecular flexibility index (Phi) is 34.3. The van der Waals surface area contributed by atoms with Crippen LogP contribution in [-0.4, -0.2) is 106 Å². The number of ketones is 5. The number of halogens is 10. The van der Waals surface area contributed by atoms with Gasteiger partial charge in [-0.25, -0.2) is 5.84 Å². The van der Waals surface area contributed by atoms with Crippen LogP contribution in [-0.2, 0) is 32.5 Å². The molecule has 0 aliphatic rings. The number of benzene rings is 3. The molecule has 31 heteroatoms. The van der Waals surface area contributed by atoms with E-state index in [-0.39, 0.29) is 53.2 Å². The van der Waals surface area contributed by atoms with E-state index in [1.165, 1.54) is 23.5 Å². The Hall–Kier alpha value is -7.78.